The predicted molar refractivity (Wildman–Crippen MR) is 142 cm³/mol. The first-order chi connectivity index (χ1) is 16.9. The van der Waals surface area contributed by atoms with Gasteiger partial charge in [0.1, 0.15) is 12.5 Å². The number of H-pyrrole nitrogens is 1. The molecule has 2 N–H and O–H groups in total. The molecule has 4 aromatic rings. The van der Waals surface area contributed by atoms with E-state index in [0.717, 1.165) is 34.3 Å². The van der Waals surface area contributed by atoms with Gasteiger partial charge >= 0.3 is 0 Å². The lowest BCUT2D eigenvalue weighted by atomic mass is 10.1. The minimum Gasteiger partial charge on any atom is -0.495 e. The summed E-state index contributed by atoms with van der Waals surface area (Å²) in [5, 5.41) is 3.68. The standard InChI is InChI=1S/C16H14F2N2O.C10H10.C2H4.CH2O/c1-19-15-6-9(3-4-16(15)21-2)13-7-10-5-11(17)12(18)8-14(10)20-13;1-3-5-10-7-4-6-9(2)8-10;2*1-2/h3-8,19-20H,1-2H3;4,6-8H,1-2H3;1-2H2;1H2. The number of ether oxygens (including phenoxy) is 1. The molecular weight excluding hydrogens is 446 g/mol. The first kappa shape index (κ1) is 28.7. The summed E-state index contributed by atoms with van der Waals surface area (Å²) in [5.41, 5.74) is 5.45. The number of nitrogens with one attached hydrogen (secondary N) is 2. The highest BCUT2D eigenvalue weighted by atomic mass is 19.2. The number of hydrogen-bond donors (Lipinski definition) is 2. The normalized spacial score (nSPS) is 9.09. The number of carbonyl (C=O) groups is 1. The number of hydrogen-bond acceptors (Lipinski definition) is 3. The summed E-state index contributed by atoms with van der Waals surface area (Å²) >= 11 is 0. The van der Waals surface area contributed by atoms with Crippen molar-refractivity contribution in [3.8, 4) is 28.8 Å². The van der Waals surface area contributed by atoms with Gasteiger partial charge in [0.25, 0.3) is 0 Å². The molecule has 0 saturated carbocycles. The quantitative estimate of drug-likeness (QED) is 0.244. The van der Waals surface area contributed by atoms with Gasteiger partial charge in [0.05, 0.1) is 12.8 Å². The monoisotopic (exact) mass is 476 g/mol. The molecule has 1 heterocycles. The third-order valence-corrected chi connectivity index (χ3v) is 4.73. The molecule has 6 heteroatoms. The van der Waals surface area contributed by atoms with Crippen LogP contribution in [0.1, 0.15) is 18.1 Å². The molecule has 35 heavy (non-hydrogen) atoms. The SMILES string of the molecule is C=C.C=O.CC#Cc1cccc(C)c1.CNc1cc(-c2cc3cc(F)c(F)cc3[nH]2)ccc1OC. The number of fused-ring (bicyclic) bond motifs is 1. The van der Waals surface area contributed by atoms with E-state index in [1.54, 1.807) is 20.2 Å². The van der Waals surface area contributed by atoms with Gasteiger partial charge in [-0.2, -0.15) is 0 Å². The summed E-state index contributed by atoms with van der Waals surface area (Å²) in [5.74, 6) is 4.88. The lowest BCUT2D eigenvalue weighted by molar-refractivity contribution is -0.0979. The summed E-state index contributed by atoms with van der Waals surface area (Å²) in [7, 11) is 3.40. The highest BCUT2D eigenvalue weighted by molar-refractivity contribution is 5.86. The Bertz CT molecular complexity index is 1260. The summed E-state index contributed by atoms with van der Waals surface area (Å²) in [4.78, 5) is 11.1. The molecule has 0 unspecified atom stereocenters. The maximum Gasteiger partial charge on any atom is 0.160 e. The number of carbonyl (C=O) groups excluding carboxylic acids is 1. The Hall–Kier alpha value is -4.37. The number of aromatic nitrogens is 1. The van der Waals surface area contributed by atoms with Crippen molar-refractivity contribution in [1.29, 1.82) is 0 Å². The molecule has 0 aliphatic carbocycles. The molecule has 0 amide bonds. The Morgan fingerprint density at radius 1 is 0.971 bits per heavy atom. The molecule has 4 rings (SSSR count). The first-order valence-electron chi connectivity index (χ1n) is 10.6. The van der Waals surface area contributed by atoms with Crippen molar-refractivity contribution < 1.29 is 18.3 Å². The van der Waals surface area contributed by atoms with Gasteiger partial charge in [-0.15, -0.1) is 19.1 Å². The van der Waals surface area contributed by atoms with Crippen LogP contribution in [0.4, 0.5) is 14.5 Å². The molecule has 0 atom stereocenters. The van der Waals surface area contributed by atoms with Crippen LogP contribution >= 0.6 is 0 Å². The molecular formula is C29H30F2N2O2. The highest BCUT2D eigenvalue weighted by Crippen LogP contribution is 2.32. The number of benzene rings is 3. The summed E-state index contributed by atoms with van der Waals surface area (Å²) in [6.07, 6.45) is 0. The number of halogens is 2. The van der Waals surface area contributed by atoms with Crippen molar-refractivity contribution in [1.82, 2.24) is 4.98 Å². The van der Waals surface area contributed by atoms with Crippen LogP contribution in [0.15, 0.2) is 73.8 Å². The second kappa shape index (κ2) is 14.7. The molecule has 0 bridgehead atoms. The Kier molecular flexibility index (Phi) is 12.0. The predicted octanol–water partition coefficient (Wildman–Crippen LogP) is 7.15. The van der Waals surface area contributed by atoms with E-state index in [-0.39, 0.29) is 0 Å². The molecule has 0 saturated heterocycles. The smallest absolute Gasteiger partial charge is 0.160 e. The molecule has 4 nitrogen and oxygen atoms in total. The van der Waals surface area contributed by atoms with Gasteiger partial charge in [0, 0.05) is 40.8 Å². The van der Waals surface area contributed by atoms with Gasteiger partial charge in [0.15, 0.2) is 11.6 Å². The lowest BCUT2D eigenvalue weighted by Gasteiger charge is -2.09. The number of anilines is 1. The zero-order valence-corrected chi connectivity index (χ0v) is 20.5. The van der Waals surface area contributed by atoms with E-state index in [0.29, 0.717) is 10.9 Å². The Morgan fingerprint density at radius 3 is 2.26 bits per heavy atom. The average molecular weight is 477 g/mol. The van der Waals surface area contributed by atoms with Crippen molar-refractivity contribution in [3.05, 3.63) is 96.6 Å². The molecule has 0 radical (unpaired) electrons. The molecule has 3 aromatic carbocycles. The fraction of sp³-hybridized carbons (Fsp3) is 0.138. The van der Waals surface area contributed by atoms with Crippen molar-refractivity contribution in [2.24, 2.45) is 0 Å². The fourth-order valence-corrected chi connectivity index (χ4v) is 3.22. The summed E-state index contributed by atoms with van der Waals surface area (Å²) in [6.45, 7) is 11.9. The van der Waals surface area contributed by atoms with Gasteiger partial charge in [-0.05, 0) is 61.9 Å². The van der Waals surface area contributed by atoms with Crippen molar-refractivity contribution >= 4 is 23.4 Å². The van der Waals surface area contributed by atoms with Crippen LogP contribution < -0.4 is 10.1 Å². The summed E-state index contributed by atoms with van der Waals surface area (Å²) < 4.78 is 31.8. The van der Waals surface area contributed by atoms with Crippen molar-refractivity contribution in [2.75, 3.05) is 19.5 Å². The van der Waals surface area contributed by atoms with Crippen LogP contribution in [-0.2, 0) is 4.79 Å². The van der Waals surface area contributed by atoms with Gasteiger partial charge in [-0.1, -0.05) is 18.1 Å². The highest BCUT2D eigenvalue weighted by Gasteiger charge is 2.10. The van der Waals surface area contributed by atoms with E-state index in [1.165, 1.54) is 11.6 Å². The van der Waals surface area contributed by atoms with Crippen LogP contribution in [0.5, 0.6) is 5.75 Å². The molecule has 0 fully saturated rings. The van der Waals surface area contributed by atoms with Crippen LogP contribution in [0, 0.1) is 30.4 Å². The third kappa shape index (κ3) is 7.86. The maximum absolute atomic E-state index is 13.3. The molecule has 182 valence electrons. The van der Waals surface area contributed by atoms with Gasteiger partial charge in [-0.25, -0.2) is 8.78 Å². The van der Waals surface area contributed by atoms with Gasteiger partial charge < -0.3 is 19.8 Å². The Labute approximate surface area is 205 Å². The number of rotatable bonds is 3. The molecule has 1 aromatic heterocycles. The lowest BCUT2D eigenvalue weighted by Crippen LogP contribution is -1.94. The van der Waals surface area contributed by atoms with Crippen LogP contribution in [0.2, 0.25) is 0 Å². The number of aromatic amines is 1. The molecule has 0 aliphatic heterocycles. The Morgan fingerprint density at radius 2 is 1.66 bits per heavy atom. The maximum atomic E-state index is 13.3. The van der Waals surface area contributed by atoms with E-state index in [1.807, 2.05) is 44.0 Å². The van der Waals surface area contributed by atoms with Crippen molar-refractivity contribution in [2.45, 2.75) is 13.8 Å². The second-order valence-electron chi connectivity index (χ2n) is 6.95. The van der Waals surface area contributed by atoms with Gasteiger partial charge in [0.2, 0.25) is 0 Å². The van der Waals surface area contributed by atoms with Crippen molar-refractivity contribution in [3.63, 3.8) is 0 Å². The Balaban J connectivity index is 0.000000368. The summed E-state index contributed by atoms with van der Waals surface area (Å²) in [6, 6.07) is 18.0. The van der Waals surface area contributed by atoms with E-state index in [4.69, 9.17) is 9.53 Å². The van der Waals surface area contributed by atoms with Gasteiger partial charge in [-0.3, -0.25) is 0 Å². The third-order valence-electron chi connectivity index (χ3n) is 4.73. The minimum atomic E-state index is -0.860. The number of methoxy groups -OCH3 is 1. The van der Waals surface area contributed by atoms with E-state index >= 15 is 0 Å². The van der Waals surface area contributed by atoms with E-state index in [2.05, 4.69) is 54.4 Å². The van der Waals surface area contributed by atoms with E-state index in [9.17, 15) is 8.78 Å². The zero-order valence-electron chi connectivity index (χ0n) is 20.5. The topological polar surface area (TPSA) is 54.1 Å². The minimum absolute atomic E-state index is 0.561. The number of aryl methyl sites for hydroxylation is 1. The van der Waals surface area contributed by atoms with Crippen LogP contribution in [0.25, 0.3) is 22.2 Å². The zero-order chi connectivity index (χ0) is 26.4. The van der Waals surface area contributed by atoms with Crippen LogP contribution in [-0.4, -0.2) is 25.9 Å². The molecule has 0 aliphatic rings. The average Bonchev–Trinajstić information content (AvgIpc) is 3.29. The van der Waals surface area contributed by atoms with Crippen LogP contribution in [0.3, 0.4) is 0 Å². The second-order valence-corrected chi connectivity index (χ2v) is 6.95. The van der Waals surface area contributed by atoms with E-state index < -0.39 is 11.6 Å². The first-order valence-corrected chi connectivity index (χ1v) is 10.6. The fourth-order valence-electron chi connectivity index (χ4n) is 3.22. The molecule has 0 spiro atoms. The largest absolute Gasteiger partial charge is 0.495 e.